The van der Waals surface area contributed by atoms with Gasteiger partial charge < -0.3 is 9.15 Å². The van der Waals surface area contributed by atoms with Gasteiger partial charge in [0, 0.05) is 4.47 Å². The van der Waals surface area contributed by atoms with Crippen molar-refractivity contribution in [3.63, 3.8) is 0 Å². The van der Waals surface area contributed by atoms with Gasteiger partial charge in [0.25, 0.3) is 11.8 Å². The number of amides is 2. The molecule has 22 heavy (non-hydrogen) atoms. The van der Waals surface area contributed by atoms with Crippen LogP contribution in [-0.2, 0) is 9.53 Å². The minimum absolute atomic E-state index is 0.0577. The number of rotatable bonds is 4. The van der Waals surface area contributed by atoms with E-state index in [0.29, 0.717) is 4.47 Å². The first-order chi connectivity index (χ1) is 10.5. The normalized spacial score (nSPS) is 10.1. The molecule has 0 spiro atoms. The number of benzene rings is 1. The number of hydrogen-bond acceptors (Lipinski definition) is 5. The van der Waals surface area contributed by atoms with Gasteiger partial charge in [0.05, 0.1) is 11.8 Å². The molecule has 0 radical (unpaired) electrons. The summed E-state index contributed by atoms with van der Waals surface area (Å²) in [7, 11) is 0. The lowest BCUT2D eigenvalue weighted by Gasteiger charge is -2.06. The first kappa shape index (κ1) is 15.9. The van der Waals surface area contributed by atoms with Gasteiger partial charge in [-0.05, 0) is 30.3 Å². The lowest BCUT2D eigenvalue weighted by molar-refractivity contribution is -0.123. The summed E-state index contributed by atoms with van der Waals surface area (Å²) in [6.07, 6.45) is 1.27. The second-order valence-electron chi connectivity index (χ2n) is 4.05. The quantitative estimate of drug-likeness (QED) is 0.835. The molecule has 1 aromatic heterocycles. The molecule has 0 atom stereocenters. The van der Waals surface area contributed by atoms with Gasteiger partial charge in [-0.3, -0.25) is 14.9 Å². The molecular weight excluding hydrogens is 361 g/mol. The number of nitrogens with one attached hydrogen (secondary N) is 1. The molecule has 1 N–H and O–H groups in total. The SMILES string of the molecule is O=C(COC(=O)c1cc(Br)ccc1F)NC(=O)c1ccco1. The average molecular weight is 370 g/mol. The molecule has 8 heteroatoms. The molecule has 6 nitrogen and oxygen atoms in total. The number of esters is 1. The van der Waals surface area contributed by atoms with Crippen molar-refractivity contribution >= 4 is 33.7 Å². The predicted molar refractivity (Wildman–Crippen MR) is 75.6 cm³/mol. The molecule has 114 valence electrons. The van der Waals surface area contributed by atoms with E-state index >= 15 is 0 Å². The lowest BCUT2D eigenvalue weighted by atomic mass is 10.2. The van der Waals surface area contributed by atoms with E-state index in [-0.39, 0.29) is 11.3 Å². The molecule has 0 aliphatic heterocycles. The third kappa shape index (κ3) is 4.01. The molecule has 0 aliphatic carbocycles. The monoisotopic (exact) mass is 369 g/mol. The van der Waals surface area contributed by atoms with E-state index in [2.05, 4.69) is 20.7 Å². The van der Waals surface area contributed by atoms with Crippen molar-refractivity contribution in [3.05, 3.63) is 58.2 Å². The highest BCUT2D eigenvalue weighted by Crippen LogP contribution is 2.16. The van der Waals surface area contributed by atoms with Crippen LogP contribution in [-0.4, -0.2) is 24.4 Å². The zero-order valence-corrected chi connectivity index (χ0v) is 12.6. The van der Waals surface area contributed by atoms with Crippen molar-refractivity contribution in [3.8, 4) is 0 Å². The van der Waals surface area contributed by atoms with E-state index in [4.69, 9.17) is 4.42 Å². The number of halogens is 2. The van der Waals surface area contributed by atoms with Crippen LogP contribution in [0.5, 0.6) is 0 Å². The Kier molecular flexibility index (Phi) is 5.05. The summed E-state index contributed by atoms with van der Waals surface area (Å²) in [6, 6.07) is 6.58. The van der Waals surface area contributed by atoms with Crippen LogP contribution in [0.15, 0.2) is 45.5 Å². The van der Waals surface area contributed by atoms with E-state index in [1.54, 1.807) is 0 Å². The molecule has 1 heterocycles. The summed E-state index contributed by atoms with van der Waals surface area (Å²) < 4.78 is 23.4. The summed E-state index contributed by atoms with van der Waals surface area (Å²) in [5.41, 5.74) is -0.320. The maximum atomic E-state index is 13.5. The smallest absolute Gasteiger partial charge is 0.341 e. The fourth-order valence-electron chi connectivity index (χ4n) is 1.49. The highest BCUT2D eigenvalue weighted by Gasteiger charge is 2.17. The Morgan fingerprint density at radius 1 is 1.27 bits per heavy atom. The van der Waals surface area contributed by atoms with Crippen LogP contribution in [0.4, 0.5) is 4.39 Å². The number of carbonyl (C=O) groups excluding carboxylic acids is 3. The molecule has 0 unspecified atom stereocenters. The number of ether oxygens (including phenoxy) is 1. The van der Waals surface area contributed by atoms with Crippen molar-refractivity contribution in [2.45, 2.75) is 0 Å². The Bertz CT molecular complexity index is 714. The highest BCUT2D eigenvalue weighted by molar-refractivity contribution is 9.10. The number of imide groups is 1. The van der Waals surface area contributed by atoms with Gasteiger partial charge in [-0.25, -0.2) is 9.18 Å². The number of hydrogen-bond donors (Lipinski definition) is 1. The van der Waals surface area contributed by atoms with Crippen LogP contribution < -0.4 is 5.32 Å². The van der Waals surface area contributed by atoms with E-state index in [9.17, 15) is 18.8 Å². The molecule has 2 rings (SSSR count). The van der Waals surface area contributed by atoms with Crippen LogP contribution in [0, 0.1) is 5.82 Å². The predicted octanol–water partition coefficient (Wildman–Crippen LogP) is 2.29. The van der Waals surface area contributed by atoms with Crippen LogP contribution in [0.2, 0.25) is 0 Å². The fraction of sp³-hybridized carbons (Fsp3) is 0.0714. The van der Waals surface area contributed by atoms with Crippen molar-refractivity contribution in [1.29, 1.82) is 0 Å². The molecule has 2 aromatic rings. The Labute approximate surface area is 132 Å². The zero-order chi connectivity index (χ0) is 16.1. The van der Waals surface area contributed by atoms with Crippen LogP contribution >= 0.6 is 15.9 Å². The molecule has 2 amide bonds. The van der Waals surface area contributed by atoms with Gasteiger partial charge >= 0.3 is 5.97 Å². The third-order valence-corrected chi connectivity index (χ3v) is 2.97. The summed E-state index contributed by atoms with van der Waals surface area (Å²) in [5, 5.41) is 1.96. The molecule has 0 saturated heterocycles. The van der Waals surface area contributed by atoms with Gasteiger partial charge in [-0.15, -0.1) is 0 Å². The average Bonchev–Trinajstić information content (AvgIpc) is 3.01. The Balaban J connectivity index is 1.89. The summed E-state index contributed by atoms with van der Waals surface area (Å²) >= 11 is 3.09. The van der Waals surface area contributed by atoms with Crippen molar-refractivity contribution in [2.75, 3.05) is 6.61 Å². The van der Waals surface area contributed by atoms with Gasteiger partial charge in [-0.2, -0.15) is 0 Å². The summed E-state index contributed by atoms with van der Waals surface area (Å²) in [4.78, 5) is 34.6. The largest absolute Gasteiger partial charge is 0.459 e. The van der Waals surface area contributed by atoms with Crippen LogP contribution in [0.25, 0.3) is 0 Å². The van der Waals surface area contributed by atoms with Gasteiger partial charge in [0.2, 0.25) is 0 Å². The second kappa shape index (κ2) is 6.99. The standard InChI is InChI=1S/C14H9BrFNO5/c15-8-3-4-10(16)9(6-8)14(20)22-7-12(18)17-13(19)11-2-1-5-21-11/h1-6H,7H2,(H,17,18,19). The molecule has 1 aromatic carbocycles. The van der Waals surface area contributed by atoms with E-state index in [1.165, 1.54) is 30.5 Å². The van der Waals surface area contributed by atoms with Gasteiger partial charge in [0.1, 0.15) is 5.82 Å². The molecule has 0 fully saturated rings. The minimum atomic E-state index is -1.01. The summed E-state index contributed by atoms with van der Waals surface area (Å²) in [5.74, 6) is -3.47. The van der Waals surface area contributed by atoms with E-state index < -0.39 is 30.2 Å². The fourth-order valence-corrected chi connectivity index (χ4v) is 1.86. The first-order valence-corrected chi connectivity index (χ1v) is 6.76. The van der Waals surface area contributed by atoms with E-state index in [1.807, 2.05) is 5.32 Å². The molecular formula is C14H9BrFNO5. The summed E-state index contributed by atoms with van der Waals surface area (Å²) in [6.45, 7) is -0.725. The highest BCUT2D eigenvalue weighted by atomic mass is 79.9. The topological polar surface area (TPSA) is 85.6 Å². The number of furan rings is 1. The first-order valence-electron chi connectivity index (χ1n) is 5.97. The lowest BCUT2D eigenvalue weighted by Crippen LogP contribution is -2.34. The molecule has 0 bridgehead atoms. The van der Waals surface area contributed by atoms with Crippen LogP contribution in [0.3, 0.4) is 0 Å². The Hall–Kier alpha value is -2.48. The van der Waals surface area contributed by atoms with Gasteiger partial charge in [0.15, 0.2) is 12.4 Å². The minimum Gasteiger partial charge on any atom is -0.459 e. The third-order valence-electron chi connectivity index (χ3n) is 2.48. The van der Waals surface area contributed by atoms with Gasteiger partial charge in [-0.1, -0.05) is 15.9 Å². The Morgan fingerprint density at radius 3 is 2.73 bits per heavy atom. The maximum Gasteiger partial charge on any atom is 0.341 e. The van der Waals surface area contributed by atoms with Crippen molar-refractivity contribution in [1.82, 2.24) is 5.32 Å². The molecule has 0 aliphatic rings. The number of carbonyl (C=O) groups is 3. The van der Waals surface area contributed by atoms with Crippen molar-refractivity contribution in [2.24, 2.45) is 0 Å². The Morgan fingerprint density at radius 2 is 2.05 bits per heavy atom. The zero-order valence-electron chi connectivity index (χ0n) is 11.0. The molecule has 0 saturated carbocycles. The van der Waals surface area contributed by atoms with E-state index in [0.717, 1.165) is 6.07 Å². The maximum absolute atomic E-state index is 13.5. The van der Waals surface area contributed by atoms with Crippen molar-refractivity contribution < 1.29 is 27.9 Å². The van der Waals surface area contributed by atoms with Crippen LogP contribution in [0.1, 0.15) is 20.9 Å². The second-order valence-corrected chi connectivity index (χ2v) is 4.97.